The van der Waals surface area contributed by atoms with Crippen LogP contribution in [0.1, 0.15) is 24.8 Å². The topological polar surface area (TPSA) is 44.7 Å². The van der Waals surface area contributed by atoms with E-state index in [1.807, 2.05) is 12.1 Å². The smallest absolute Gasteiger partial charge is 0.160 e. The summed E-state index contributed by atoms with van der Waals surface area (Å²) in [5, 5.41) is 13.0. The normalized spacial score (nSPS) is 20.4. The molecule has 1 fully saturated rings. The minimum Gasteiger partial charge on any atom is -0.504 e. The number of nitrogens with zero attached hydrogens (tertiary/aromatic N) is 1. The summed E-state index contributed by atoms with van der Waals surface area (Å²) in [5.74, 6) is 0.729. The monoisotopic (exact) mass is 264 g/mol. The lowest BCUT2D eigenvalue weighted by molar-refractivity contribution is 0.181. The first kappa shape index (κ1) is 14.2. The fourth-order valence-corrected chi connectivity index (χ4v) is 2.62. The molecule has 0 aliphatic carbocycles. The lowest BCUT2D eigenvalue weighted by Gasteiger charge is -2.32. The average Bonchev–Trinajstić information content (AvgIpc) is 2.43. The highest BCUT2D eigenvalue weighted by Crippen LogP contribution is 2.26. The van der Waals surface area contributed by atoms with Crippen LogP contribution in [0.5, 0.6) is 11.5 Å². The van der Waals surface area contributed by atoms with Gasteiger partial charge in [-0.3, -0.25) is 0 Å². The molecule has 1 aromatic rings. The van der Waals surface area contributed by atoms with Gasteiger partial charge < -0.3 is 20.1 Å². The second-order valence-electron chi connectivity index (χ2n) is 5.27. The largest absolute Gasteiger partial charge is 0.504 e. The lowest BCUT2D eigenvalue weighted by atomic mass is 10.0. The van der Waals surface area contributed by atoms with E-state index in [1.54, 1.807) is 13.2 Å². The Balaban J connectivity index is 1.82. The van der Waals surface area contributed by atoms with Crippen LogP contribution in [0, 0.1) is 0 Å². The summed E-state index contributed by atoms with van der Waals surface area (Å²) in [6.45, 7) is 3.03. The van der Waals surface area contributed by atoms with Crippen LogP contribution in [0.4, 0.5) is 0 Å². The van der Waals surface area contributed by atoms with E-state index in [-0.39, 0.29) is 5.75 Å². The number of hydrogen-bond donors (Lipinski definition) is 2. The minimum atomic E-state index is 0.193. The van der Waals surface area contributed by atoms with Crippen LogP contribution in [-0.2, 0) is 6.54 Å². The molecule has 0 saturated carbocycles. The van der Waals surface area contributed by atoms with Crippen LogP contribution >= 0.6 is 0 Å². The zero-order valence-corrected chi connectivity index (χ0v) is 11.9. The number of likely N-dealkylation sites (tertiary alicyclic amines) is 1. The number of methoxy groups -OCH3 is 1. The molecular formula is C15H24N2O2. The highest BCUT2D eigenvalue weighted by atomic mass is 16.5. The molecule has 4 heteroatoms. The van der Waals surface area contributed by atoms with Gasteiger partial charge in [-0.15, -0.1) is 0 Å². The first-order chi connectivity index (χ1) is 9.20. The Hall–Kier alpha value is -1.26. The molecule has 0 bridgehead atoms. The van der Waals surface area contributed by atoms with E-state index >= 15 is 0 Å². The maximum absolute atomic E-state index is 9.55. The van der Waals surface area contributed by atoms with E-state index < -0.39 is 0 Å². The van der Waals surface area contributed by atoms with E-state index in [1.165, 1.54) is 25.8 Å². The van der Waals surface area contributed by atoms with Crippen molar-refractivity contribution in [3.8, 4) is 11.5 Å². The van der Waals surface area contributed by atoms with E-state index in [4.69, 9.17) is 4.74 Å². The predicted octanol–water partition coefficient (Wildman–Crippen LogP) is 1.97. The number of piperidine rings is 1. The second-order valence-corrected chi connectivity index (χ2v) is 5.27. The number of phenolic OH excluding ortho intramolecular Hbond substituents is 1. The van der Waals surface area contributed by atoms with Gasteiger partial charge in [-0.05, 0) is 44.1 Å². The zero-order chi connectivity index (χ0) is 13.7. The first-order valence-electron chi connectivity index (χ1n) is 6.97. The van der Waals surface area contributed by atoms with Crippen molar-refractivity contribution in [2.24, 2.45) is 0 Å². The van der Waals surface area contributed by atoms with Crippen LogP contribution in [0.25, 0.3) is 0 Å². The highest BCUT2D eigenvalue weighted by Gasteiger charge is 2.17. The third kappa shape index (κ3) is 3.85. The summed E-state index contributed by atoms with van der Waals surface area (Å²) < 4.78 is 5.11. The van der Waals surface area contributed by atoms with Gasteiger partial charge in [0.15, 0.2) is 11.5 Å². The fourth-order valence-electron chi connectivity index (χ4n) is 2.62. The summed E-state index contributed by atoms with van der Waals surface area (Å²) in [4.78, 5) is 2.44. The van der Waals surface area contributed by atoms with Gasteiger partial charge in [0, 0.05) is 19.1 Å². The molecule has 19 heavy (non-hydrogen) atoms. The Morgan fingerprint density at radius 3 is 3.00 bits per heavy atom. The highest BCUT2D eigenvalue weighted by molar-refractivity contribution is 5.41. The molecule has 0 spiro atoms. The van der Waals surface area contributed by atoms with Gasteiger partial charge in [0.2, 0.25) is 0 Å². The standard InChI is InChI=1S/C15H24N2O2/c1-17-8-4-3-5-13(17)11-16-10-12-6-7-14(18)15(9-12)19-2/h6-7,9,13,16,18H,3-5,8,10-11H2,1-2H3. The molecule has 2 rings (SSSR count). The second kappa shape index (κ2) is 6.78. The van der Waals surface area contributed by atoms with Gasteiger partial charge in [0.1, 0.15) is 0 Å². The minimum absolute atomic E-state index is 0.193. The van der Waals surface area contributed by atoms with Gasteiger partial charge in [0.05, 0.1) is 7.11 Å². The molecule has 2 N–H and O–H groups in total. The number of aromatic hydroxyl groups is 1. The number of nitrogens with one attached hydrogen (secondary N) is 1. The van der Waals surface area contributed by atoms with E-state index in [0.29, 0.717) is 11.8 Å². The summed E-state index contributed by atoms with van der Waals surface area (Å²) in [6.07, 6.45) is 3.94. The number of phenols is 1. The van der Waals surface area contributed by atoms with Crippen molar-refractivity contribution < 1.29 is 9.84 Å². The van der Waals surface area contributed by atoms with E-state index in [2.05, 4.69) is 17.3 Å². The Kier molecular flexibility index (Phi) is 5.05. The van der Waals surface area contributed by atoms with Gasteiger partial charge in [0.25, 0.3) is 0 Å². The van der Waals surface area contributed by atoms with Crippen molar-refractivity contribution in [2.45, 2.75) is 31.8 Å². The molecule has 1 unspecified atom stereocenters. The number of hydrogen-bond acceptors (Lipinski definition) is 4. The molecule has 0 radical (unpaired) electrons. The number of likely N-dealkylation sites (N-methyl/N-ethyl adjacent to an activating group) is 1. The third-order valence-corrected chi connectivity index (χ3v) is 3.87. The molecule has 1 heterocycles. The molecule has 4 nitrogen and oxygen atoms in total. The Morgan fingerprint density at radius 2 is 2.26 bits per heavy atom. The fraction of sp³-hybridized carbons (Fsp3) is 0.600. The Labute approximate surface area is 115 Å². The van der Waals surface area contributed by atoms with Crippen LogP contribution in [0.2, 0.25) is 0 Å². The molecule has 0 aromatic heterocycles. The molecule has 0 amide bonds. The van der Waals surface area contributed by atoms with Gasteiger partial charge >= 0.3 is 0 Å². The Bertz CT molecular complexity index is 409. The van der Waals surface area contributed by atoms with Crippen molar-refractivity contribution in [1.29, 1.82) is 0 Å². The predicted molar refractivity (Wildman–Crippen MR) is 76.6 cm³/mol. The molecule has 1 aliphatic heterocycles. The van der Waals surface area contributed by atoms with Gasteiger partial charge in [-0.1, -0.05) is 12.5 Å². The lowest BCUT2D eigenvalue weighted by Crippen LogP contribution is -2.42. The molecule has 1 aromatic carbocycles. The van der Waals surface area contributed by atoms with E-state index in [0.717, 1.165) is 18.7 Å². The van der Waals surface area contributed by atoms with Crippen molar-refractivity contribution in [2.75, 3.05) is 27.2 Å². The van der Waals surface area contributed by atoms with Crippen LogP contribution < -0.4 is 10.1 Å². The molecular weight excluding hydrogens is 240 g/mol. The zero-order valence-electron chi connectivity index (χ0n) is 11.9. The third-order valence-electron chi connectivity index (χ3n) is 3.87. The van der Waals surface area contributed by atoms with Crippen molar-refractivity contribution in [3.05, 3.63) is 23.8 Å². The van der Waals surface area contributed by atoms with Gasteiger partial charge in [-0.2, -0.15) is 0 Å². The number of rotatable bonds is 5. The molecule has 1 atom stereocenters. The van der Waals surface area contributed by atoms with Crippen molar-refractivity contribution in [1.82, 2.24) is 10.2 Å². The van der Waals surface area contributed by atoms with Crippen LogP contribution in [0.15, 0.2) is 18.2 Å². The number of benzene rings is 1. The van der Waals surface area contributed by atoms with Gasteiger partial charge in [-0.25, -0.2) is 0 Å². The summed E-state index contributed by atoms with van der Waals surface area (Å²) in [5.41, 5.74) is 1.13. The summed E-state index contributed by atoms with van der Waals surface area (Å²) in [7, 11) is 3.78. The SMILES string of the molecule is COc1cc(CNCC2CCCCN2C)ccc1O. The van der Waals surface area contributed by atoms with E-state index in [9.17, 15) is 5.11 Å². The average molecular weight is 264 g/mol. The number of ether oxygens (including phenoxy) is 1. The molecule has 106 valence electrons. The van der Waals surface area contributed by atoms with Crippen molar-refractivity contribution in [3.63, 3.8) is 0 Å². The van der Waals surface area contributed by atoms with Crippen molar-refractivity contribution >= 4 is 0 Å². The molecule has 1 aliphatic rings. The summed E-state index contributed by atoms with van der Waals surface area (Å²) >= 11 is 0. The first-order valence-corrected chi connectivity index (χ1v) is 6.97. The maximum atomic E-state index is 9.55. The summed E-state index contributed by atoms with van der Waals surface area (Å²) in [6, 6.07) is 6.14. The Morgan fingerprint density at radius 1 is 1.42 bits per heavy atom. The quantitative estimate of drug-likeness (QED) is 0.853. The maximum Gasteiger partial charge on any atom is 0.160 e. The van der Waals surface area contributed by atoms with Crippen LogP contribution in [0.3, 0.4) is 0 Å². The molecule has 1 saturated heterocycles. The van der Waals surface area contributed by atoms with Crippen LogP contribution in [-0.4, -0.2) is 43.3 Å².